The fourth-order valence-corrected chi connectivity index (χ4v) is 1.61. The number of likely N-dealkylation sites (N-methyl/N-ethyl adjacent to an activating group) is 1. The Labute approximate surface area is 104 Å². The molecule has 0 aromatic heterocycles. The summed E-state index contributed by atoms with van der Waals surface area (Å²) in [4.78, 5) is 0. The SMILES string of the molecule is CCNCC(COC)Oc1ccc(C)c(C)c1. The predicted molar refractivity (Wildman–Crippen MR) is 70.8 cm³/mol. The summed E-state index contributed by atoms with van der Waals surface area (Å²) < 4.78 is 11.1. The van der Waals surface area contributed by atoms with Crippen LogP contribution in [0.15, 0.2) is 18.2 Å². The van der Waals surface area contributed by atoms with E-state index in [0.29, 0.717) is 6.61 Å². The average molecular weight is 237 g/mol. The molecule has 0 fully saturated rings. The topological polar surface area (TPSA) is 30.5 Å². The number of aryl methyl sites for hydroxylation is 2. The molecule has 0 heterocycles. The van der Waals surface area contributed by atoms with Crippen LogP contribution in [0.4, 0.5) is 0 Å². The highest BCUT2D eigenvalue weighted by molar-refractivity contribution is 5.33. The van der Waals surface area contributed by atoms with Gasteiger partial charge in [0.2, 0.25) is 0 Å². The molecule has 0 saturated carbocycles. The van der Waals surface area contributed by atoms with Crippen molar-refractivity contribution < 1.29 is 9.47 Å². The van der Waals surface area contributed by atoms with Crippen molar-refractivity contribution in [1.29, 1.82) is 0 Å². The molecule has 0 amide bonds. The molecule has 1 rings (SSSR count). The van der Waals surface area contributed by atoms with Gasteiger partial charge in [-0.25, -0.2) is 0 Å². The van der Waals surface area contributed by atoms with Crippen molar-refractivity contribution >= 4 is 0 Å². The van der Waals surface area contributed by atoms with Crippen LogP contribution < -0.4 is 10.1 Å². The highest BCUT2D eigenvalue weighted by Crippen LogP contribution is 2.17. The normalized spacial score (nSPS) is 12.5. The van der Waals surface area contributed by atoms with E-state index in [1.54, 1.807) is 7.11 Å². The van der Waals surface area contributed by atoms with Crippen LogP contribution in [0.5, 0.6) is 5.75 Å². The largest absolute Gasteiger partial charge is 0.487 e. The number of ether oxygens (including phenoxy) is 2. The maximum Gasteiger partial charge on any atom is 0.134 e. The van der Waals surface area contributed by atoms with Crippen molar-refractivity contribution in [2.45, 2.75) is 26.9 Å². The molecule has 0 aliphatic carbocycles. The molecule has 1 unspecified atom stereocenters. The molecule has 1 aromatic rings. The predicted octanol–water partition coefficient (Wildman–Crippen LogP) is 2.31. The summed E-state index contributed by atoms with van der Waals surface area (Å²) >= 11 is 0. The van der Waals surface area contributed by atoms with Crippen LogP contribution in [0, 0.1) is 13.8 Å². The summed E-state index contributed by atoms with van der Waals surface area (Å²) in [6, 6.07) is 6.17. The number of hydrogen-bond acceptors (Lipinski definition) is 3. The molecule has 0 spiro atoms. The minimum atomic E-state index is 0.0575. The third-order valence-electron chi connectivity index (χ3n) is 2.76. The Morgan fingerprint density at radius 2 is 2.00 bits per heavy atom. The second-order valence-corrected chi connectivity index (χ2v) is 4.25. The van der Waals surface area contributed by atoms with Gasteiger partial charge in [-0.05, 0) is 43.7 Å². The molecule has 1 atom stereocenters. The van der Waals surface area contributed by atoms with E-state index in [-0.39, 0.29) is 6.10 Å². The molecular weight excluding hydrogens is 214 g/mol. The molecule has 0 aliphatic heterocycles. The van der Waals surface area contributed by atoms with Crippen molar-refractivity contribution in [3.05, 3.63) is 29.3 Å². The van der Waals surface area contributed by atoms with E-state index in [2.05, 4.69) is 38.2 Å². The monoisotopic (exact) mass is 237 g/mol. The molecule has 1 aromatic carbocycles. The lowest BCUT2D eigenvalue weighted by molar-refractivity contribution is 0.0809. The number of rotatable bonds is 7. The van der Waals surface area contributed by atoms with Gasteiger partial charge in [0.05, 0.1) is 6.61 Å². The summed E-state index contributed by atoms with van der Waals surface area (Å²) in [5, 5.41) is 3.27. The zero-order valence-electron chi connectivity index (χ0n) is 11.2. The first-order valence-corrected chi connectivity index (χ1v) is 6.11. The van der Waals surface area contributed by atoms with Gasteiger partial charge in [-0.1, -0.05) is 13.0 Å². The van der Waals surface area contributed by atoms with Crippen LogP contribution in [0.2, 0.25) is 0 Å². The summed E-state index contributed by atoms with van der Waals surface area (Å²) in [6.45, 7) is 8.62. The third-order valence-corrected chi connectivity index (χ3v) is 2.76. The van der Waals surface area contributed by atoms with Crippen molar-refractivity contribution in [3.63, 3.8) is 0 Å². The fraction of sp³-hybridized carbons (Fsp3) is 0.571. The summed E-state index contributed by atoms with van der Waals surface area (Å²) in [7, 11) is 1.70. The van der Waals surface area contributed by atoms with Crippen molar-refractivity contribution in [3.8, 4) is 5.75 Å². The van der Waals surface area contributed by atoms with E-state index >= 15 is 0 Å². The van der Waals surface area contributed by atoms with E-state index in [1.165, 1.54) is 11.1 Å². The number of hydrogen-bond donors (Lipinski definition) is 1. The van der Waals surface area contributed by atoms with Crippen LogP contribution in [0.1, 0.15) is 18.1 Å². The van der Waals surface area contributed by atoms with E-state index in [9.17, 15) is 0 Å². The summed E-state index contributed by atoms with van der Waals surface area (Å²) in [6.07, 6.45) is 0.0575. The van der Waals surface area contributed by atoms with Gasteiger partial charge in [-0.3, -0.25) is 0 Å². The van der Waals surface area contributed by atoms with Gasteiger partial charge in [0.25, 0.3) is 0 Å². The van der Waals surface area contributed by atoms with E-state index in [4.69, 9.17) is 9.47 Å². The minimum absolute atomic E-state index is 0.0575. The molecule has 0 bridgehead atoms. The smallest absolute Gasteiger partial charge is 0.134 e. The molecule has 17 heavy (non-hydrogen) atoms. The zero-order valence-corrected chi connectivity index (χ0v) is 11.2. The first-order valence-electron chi connectivity index (χ1n) is 6.11. The van der Waals surface area contributed by atoms with Gasteiger partial charge in [0, 0.05) is 13.7 Å². The summed E-state index contributed by atoms with van der Waals surface area (Å²) in [5.41, 5.74) is 2.54. The van der Waals surface area contributed by atoms with E-state index in [1.807, 2.05) is 6.07 Å². The van der Waals surface area contributed by atoms with Crippen LogP contribution >= 0.6 is 0 Å². The zero-order chi connectivity index (χ0) is 12.7. The van der Waals surface area contributed by atoms with Gasteiger partial charge in [-0.2, -0.15) is 0 Å². The molecule has 0 saturated heterocycles. The lowest BCUT2D eigenvalue weighted by atomic mass is 10.1. The Kier molecular flexibility index (Phi) is 6.01. The fourth-order valence-electron chi connectivity index (χ4n) is 1.61. The maximum absolute atomic E-state index is 5.91. The average Bonchev–Trinajstić information content (AvgIpc) is 2.31. The molecule has 1 N–H and O–H groups in total. The van der Waals surface area contributed by atoms with Gasteiger partial charge < -0.3 is 14.8 Å². The number of benzene rings is 1. The Hall–Kier alpha value is -1.06. The third kappa shape index (κ3) is 4.75. The standard InChI is InChI=1S/C14H23NO2/c1-5-15-9-14(10-16-4)17-13-7-6-11(2)12(3)8-13/h6-8,14-15H,5,9-10H2,1-4H3. The van der Waals surface area contributed by atoms with Gasteiger partial charge in [0.1, 0.15) is 11.9 Å². The molecule has 3 nitrogen and oxygen atoms in total. The van der Waals surface area contributed by atoms with Crippen molar-refractivity contribution in [2.75, 3.05) is 26.8 Å². The second kappa shape index (κ2) is 7.30. The minimum Gasteiger partial charge on any atom is -0.487 e. The lowest BCUT2D eigenvalue weighted by Crippen LogP contribution is -2.34. The van der Waals surface area contributed by atoms with Crippen LogP contribution in [0.3, 0.4) is 0 Å². The van der Waals surface area contributed by atoms with Crippen LogP contribution in [0.25, 0.3) is 0 Å². The number of methoxy groups -OCH3 is 1. The Bertz CT molecular complexity index is 339. The highest BCUT2D eigenvalue weighted by atomic mass is 16.5. The van der Waals surface area contributed by atoms with Gasteiger partial charge >= 0.3 is 0 Å². The van der Waals surface area contributed by atoms with Crippen LogP contribution in [-0.2, 0) is 4.74 Å². The maximum atomic E-state index is 5.91. The quantitative estimate of drug-likeness (QED) is 0.789. The summed E-state index contributed by atoms with van der Waals surface area (Å²) in [5.74, 6) is 0.910. The highest BCUT2D eigenvalue weighted by Gasteiger charge is 2.09. The van der Waals surface area contributed by atoms with Gasteiger partial charge in [-0.15, -0.1) is 0 Å². The van der Waals surface area contributed by atoms with Crippen molar-refractivity contribution in [2.24, 2.45) is 0 Å². The number of nitrogens with one attached hydrogen (secondary N) is 1. The van der Waals surface area contributed by atoms with Gasteiger partial charge in [0.15, 0.2) is 0 Å². The Morgan fingerprint density at radius 3 is 2.59 bits per heavy atom. The second-order valence-electron chi connectivity index (χ2n) is 4.25. The first kappa shape index (κ1) is 14.0. The Balaban J connectivity index is 2.61. The van der Waals surface area contributed by atoms with E-state index in [0.717, 1.165) is 18.8 Å². The molecule has 3 heteroatoms. The lowest BCUT2D eigenvalue weighted by Gasteiger charge is -2.19. The van der Waals surface area contributed by atoms with E-state index < -0.39 is 0 Å². The van der Waals surface area contributed by atoms with Crippen molar-refractivity contribution in [1.82, 2.24) is 5.32 Å². The Morgan fingerprint density at radius 1 is 1.24 bits per heavy atom. The molecule has 96 valence electrons. The molecular formula is C14H23NO2. The first-order chi connectivity index (χ1) is 8.17. The molecule has 0 radical (unpaired) electrons. The molecule has 0 aliphatic rings. The van der Waals surface area contributed by atoms with Crippen LogP contribution in [-0.4, -0.2) is 32.9 Å².